The minimum Gasteiger partial charge on any atom is -0.353 e. The fourth-order valence-electron chi connectivity index (χ4n) is 1.21. The van der Waals surface area contributed by atoms with Crippen LogP contribution in [0, 0.1) is 5.41 Å². The van der Waals surface area contributed by atoms with E-state index in [9.17, 15) is 4.79 Å². The monoisotopic (exact) mass is 155 g/mol. The fraction of sp³-hybridized carbons (Fsp3) is 0.889. The van der Waals surface area contributed by atoms with E-state index in [2.05, 4.69) is 19.2 Å². The Morgan fingerprint density at radius 2 is 2.18 bits per heavy atom. The van der Waals surface area contributed by atoms with Crippen LogP contribution in [-0.2, 0) is 4.79 Å². The lowest BCUT2D eigenvalue weighted by molar-refractivity contribution is -0.121. The highest BCUT2D eigenvalue weighted by atomic mass is 16.1. The number of nitrogens with one attached hydrogen (secondary N) is 1. The molecule has 1 aliphatic carbocycles. The highest BCUT2D eigenvalue weighted by Crippen LogP contribution is 2.44. The van der Waals surface area contributed by atoms with Crippen LogP contribution >= 0.6 is 0 Å². The van der Waals surface area contributed by atoms with Crippen molar-refractivity contribution in [3.05, 3.63) is 0 Å². The molecule has 0 bridgehead atoms. The first-order valence-corrected chi connectivity index (χ1v) is 4.35. The summed E-state index contributed by atoms with van der Waals surface area (Å²) >= 11 is 0. The summed E-state index contributed by atoms with van der Waals surface area (Å²) in [5, 5.41) is 3.01. The van der Waals surface area contributed by atoms with Crippen LogP contribution in [0.4, 0.5) is 0 Å². The van der Waals surface area contributed by atoms with Crippen LogP contribution in [0.25, 0.3) is 0 Å². The van der Waals surface area contributed by atoms with E-state index in [-0.39, 0.29) is 5.91 Å². The highest BCUT2D eigenvalue weighted by Gasteiger charge is 2.46. The van der Waals surface area contributed by atoms with Gasteiger partial charge in [0, 0.05) is 12.5 Å². The van der Waals surface area contributed by atoms with Gasteiger partial charge in [-0.25, -0.2) is 0 Å². The van der Waals surface area contributed by atoms with Crippen molar-refractivity contribution in [1.82, 2.24) is 5.32 Å². The topological polar surface area (TPSA) is 29.1 Å². The summed E-state index contributed by atoms with van der Waals surface area (Å²) in [6, 6.07) is 0.446. The molecular formula is C9H17NO. The van der Waals surface area contributed by atoms with Crippen molar-refractivity contribution >= 4 is 5.91 Å². The lowest BCUT2D eigenvalue weighted by Crippen LogP contribution is -2.27. The molecule has 1 unspecified atom stereocenters. The van der Waals surface area contributed by atoms with Crippen molar-refractivity contribution in [3.8, 4) is 0 Å². The quantitative estimate of drug-likeness (QED) is 0.660. The molecule has 1 aliphatic rings. The van der Waals surface area contributed by atoms with Gasteiger partial charge in [0.25, 0.3) is 0 Å². The molecule has 1 amide bonds. The van der Waals surface area contributed by atoms with Crippen molar-refractivity contribution in [2.45, 2.75) is 46.1 Å². The van der Waals surface area contributed by atoms with E-state index < -0.39 is 0 Å². The van der Waals surface area contributed by atoms with Gasteiger partial charge in [-0.15, -0.1) is 0 Å². The minimum atomic E-state index is 0.211. The Balaban J connectivity index is 2.18. The third kappa shape index (κ3) is 2.21. The fourth-order valence-corrected chi connectivity index (χ4v) is 1.21. The summed E-state index contributed by atoms with van der Waals surface area (Å²) < 4.78 is 0. The molecule has 0 aromatic carbocycles. The lowest BCUT2D eigenvalue weighted by atomic mass is 10.2. The molecule has 0 aromatic heterocycles. The number of carbonyl (C=O) groups is 1. The molecule has 0 radical (unpaired) electrons. The maximum absolute atomic E-state index is 11.1. The molecule has 1 saturated carbocycles. The molecule has 2 heteroatoms. The normalized spacial score (nSPS) is 26.3. The molecule has 0 aromatic rings. The van der Waals surface area contributed by atoms with Gasteiger partial charge in [0.2, 0.25) is 5.91 Å². The molecular weight excluding hydrogens is 138 g/mol. The number of hydrogen-bond acceptors (Lipinski definition) is 1. The van der Waals surface area contributed by atoms with Crippen LogP contribution < -0.4 is 5.32 Å². The smallest absolute Gasteiger partial charge is 0.220 e. The Morgan fingerprint density at radius 1 is 1.64 bits per heavy atom. The molecule has 11 heavy (non-hydrogen) atoms. The third-order valence-corrected chi connectivity index (χ3v) is 2.33. The van der Waals surface area contributed by atoms with Gasteiger partial charge in [-0.2, -0.15) is 0 Å². The van der Waals surface area contributed by atoms with E-state index in [4.69, 9.17) is 0 Å². The van der Waals surface area contributed by atoms with Crippen molar-refractivity contribution in [3.63, 3.8) is 0 Å². The largest absolute Gasteiger partial charge is 0.353 e. The van der Waals surface area contributed by atoms with Crippen LogP contribution in [0.3, 0.4) is 0 Å². The van der Waals surface area contributed by atoms with Crippen LogP contribution in [0.15, 0.2) is 0 Å². The molecule has 1 fully saturated rings. The standard InChI is InChI=1S/C9H17NO/c1-4-5-8(11)10-7-6-9(7,2)3/h7H,4-6H2,1-3H3,(H,10,11). The summed E-state index contributed by atoms with van der Waals surface area (Å²) in [4.78, 5) is 11.1. The van der Waals surface area contributed by atoms with Gasteiger partial charge in [-0.05, 0) is 18.3 Å². The number of hydrogen-bond donors (Lipinski definition) is 1. The van der Waals surface area contributed by atoms with E-state index in [0.717, 1.165) is 12.8 Å². The van der Waals surface area contributed by atoms with Crippen molar-refractivity contribution < 1.29 is 4.79 Å². The Hall–Kier alpha value is -0.530. The summed E-state index contributed by atoms with van der Waals surface area (Å²) in [6.45, 7) is 6.39. The first-order chi connectivity index (χ1) is 5.06. The van der Waals surface area contributed by atoms with Gasteiger partial charge in [0.15, 0.2) is 0 Å². The predicted octanol–water partition coefficient (Wildman–Crippen LogP) is 1.70. The van der Waals surface area contributed by atoms with Gasteiger partial charge >= 0.3 is 0 Å². The Bertz CT molecular complexity index is 163. The molecule has 2 nitrogen and oxygen atoms in total. The summed E-state index contributed by atoms with van der Waals surface area (Å²) in [5.41, 5.74) is 0.364. The second-order valence-corrected chi connectivity index (χ2v) is 4.06. The highest BCUT2D eigenvalue weighted by molar-refractivity contribution is 5.76. The van der Waals surface area contributed by atoms with Gasteiger partial charge < -0.3 is 5.32 Å². The van der Waals surface area contributed by atoms with Crippen LogP contribution in [-0.4, -0.2) is 11.9 Å². The van der Waals surface area contributed by atoms with Gasteiger partial charge in [-0.1, -0.05) is 20.8 Å². The third-order valence-electron chi connectivity index (χ3n) is 2.33. The molecule has 1 rings (SSSR count). The zero-order chi connectivity index (χ0) is 8.48. The van der Waals surface area contributed by atoms with E-state index in [0.29, 0.717) is 17.9 Å². The van der Waals surface area contributed by atoms with E-state index in [1.807, 2.05) is 6.92 Å². The molecule has 0 aliphatic heterocycles. The van der Waals surface area contributed by atoms with E-state index in [1.54, 1.807) is 0 Å². The molecule has 0 heterocycles. The Morgan fingerprint density at radius 3 is 2.55 bits per heavy atom. The first-order valence-electron chi connectivity index (χ1n) is 4.35. The van der Waals surface area contributed by atoms with Crippen LogP contribution in [0.2, 0.25) is 0 Å². The molecule has 64 valence electrons. The zero-order valence-electron chi connectivity index (χ0n) is 7.61. The van der Waals surface area contributed by atoms with Crippen molar-refractivity contribution in [1.29, 1.82) is 0 Å². The maximum atomic E-state index is 11.1. The average molecular weight is 155 g/mol. The predicted molar refractivity (Wildman–Crippen MR) is 45.2 cm³/mol. The number of rotatable bonds is 3. The SMILES string of the molecule is CCCC(=O)NC1CC1(C)C. The first kappa shape index (κ1) is 8.57. The summed E-state index contributed by atoms with van der Waals surface area (Å²) in [5.74, 6) is 0.211. The second-order valence-electron chi connectivity index (χ2n) is 4.06. The lowest BCUT2D eigenvalue weighted by Gasteiger charge is -2.04. The Kier molecular flexibility index (Phi) is 2.21. The minimum absolute atomic E-state index is 0.211. The van der Waals surface area contributed by atoms with E-state index >= 15 is 0 Å². The molecule has 1 N–H and O–H groups in total. The summed E-state index contributed by atoms with van der Waals surface area (Å²) in [6.07, 6.45) is 2.76. The van der Waals surface area contributed by atoms with Crippen molar-refractivity contribution in [2.24, 2.45) is 5.41 Å². The second kappa shape index (κ2) is 2.84. The van der Waals surface area contributed by atoms with Gasteiger partial charge in [-0.3, -0.25) is 4.79 Å². The Labute approximate surface area is 68.4 Å². The van der Waals surface area contributed by atoms with E-state index in [1.165, 1.54) is 0 Å². The number of carbonyl (C=O) groups excluding carboxylic acids is 1. The zero-order valence-corrected chi connectivity index (χ0v) is 7.61. The molecule has 0 saturated heterocycles. The van der Waals surface area contributed by atoms with Crippen LogP contribution in [0.5, 0.6) is 0 Å². The molecule has 0 spiro atoms. The van der Waals surface area contributed by atoms with Crippen molar-refractivity contribution in [2.75, 3.05) is 0 Å². The molecule has 1 atom stereocenters. The maximum Gasteiger partial charge on any atom is 0.220 e. The summed E-state index contributed by atoms with van der Waals surface area (Å²) in [7, 11) is 0. The van der Waals surface area contributed by atoms with Gasteiger partial charge in [0.1, 0.15) is 0 Å². The van der Waals surface area contributed by atoms with Gasteiger partial charge in [0.05, 0.1) is 0 Å². The average Bonchev–Trinajstić information content (AvgIpc) is 2.39. The van der Waals surface area contributed by atoms with Crippen LogP contribution in [0.1, 0.15) is 40.0 Å². The number of amides is 1.